The molecule has 0 bridgehead atoms. The van der Waals surface area contributed by atoms with E-state index in [0.717, 1.165) is 6.42 Å². The van der Waals surface area contributed by atoms with E-state index in [2.05, 4.69) is 32.7 Å². The van der Waals surface area contributed by atoms with Gasteiger partial charge in [-0.05, 0) is 0 Å². The Morgan fingerprint density at radius 1 is 1.60 bits per heavy atom. The van der Waals surface area contributed by atoms with E-state index in [-0.39, 0.29) is 0 Å². The van der Waals surface area contributed by atoms with E-state index in [1.807, 2.05) is 18.2 Å². The molecule has 1 rings (SSSR count). The van der Waals surface area contributed by atoms with Gasteiger partial charge in [0.1, 0.15) is 0 Å². The second kappa shape index (κ2) is 7.43. The number of aryl methyl sites for hydroxylation is 1. The van der Waals surface area contributed by atoms with Crippen molar-refractivity contribution in [1.29, 1.82) is 0 Å². The SMILES string of the molecule is CCc1c[c-]ccc1.[Zn+][Br]. The van der Waals surface area contributed by atoms with Crippen molar-refractivity contribution in [2.45, 2.75) is 13.3 Å². The molecule has 0 saturated carbocycles. The van der Waals surface area contributed by atoms with Gasteiger partial charge in [-0.2, -0.15) is 35.9 Å². The molecule has 0 aliphatic heterocycles. The molecule has 0 aromatic heterocycles. The summed E-state index contributed by atoms with van der Waals surface area (Å²) >= 11 is 4.25. The zero-order chi connectivity index (χ0) is 7.82. The maximum atomic E-state index is 3.06. The minimum absolute atomic E-state index is 1.11. The van der Waals surface area contributed by atoms with Crippen LogP contribution in [-0.2, 0) is 22.8 Å². The van der Waals surface area contributed by atoms with Crippen molar-refractivity contribution in [1.82, 2.24) is 0 Å². The number of benzene rings is 1. The molecule has 0 saturated heterocycles. The van der Waals surface area contributed by atoms with Crippen LogP contribution in [0.1, 0.15) is 12.5 Å². The molecule has 0 atom stereocenters. The third-order valence-electron chi connectivity index (χ3n) is 1.18. The number of halogens is 1. The fraction of sp³-hybridized carbons (Fsp3) is 0.250. The third kappa shape index (κ3) is 4.19. The first-order chi connectivity index (χ1) is 4.93. The van der Waals surface area contributed by atoms with Crippen LogP contribution in [-0.4, -0.2) is 0 Å². The third-order valence-corrected chi connectivity index (χ3v) is 1.18. The van der Waals surface area contributed by atoms with E-state index in [9.17, 15) is 0 Å². The summed E-state index contributed by atoms with van der Waals surface area (Å²) in [6, 6.07) is 11.1. The molecule has 0 radical (unpaired) electrons. The molecular formula is C8H9BrZn. The quantitative estimate of drug-likeness (QED) is 0.531. The van der Waals surface area contributed by atoms with Gasteiger partial charge in [-0.25, -0.2) is 0 Å². The van der Waals surface area contributed by atoms with Crippen LogP contribution in [0.3, 0.4) is 0 Å². The Bertz CT molecular complexity index is 151. The Morgan fingerprint density at radius 2 is 2.30 bits per heavy atom. The molecule has 0 fully saturated rings. The van der Waals surface area contributed by atoms with E-state index in [4.69, 9.17) is 0 Å². The van der Waals surface area contributed by atoms with Crippen molar-refractivity contribution >= 4 is 13.6 Å². The molecule has 10 heavy (non-hydrogen) atoms. The molecule has 0 nitrogen and oxygen atoms in total. The van der Waals surface area contributed by atoms with Gasteiger partial charge in [0, 0.05) is 0 Å². The summed E-state index contributed by atoms with van der Waals surface area (Å²) in [7, 11) is 0. The van der Waals surface area contributed by atoms with Crippen LogP contribution in [0, 0.1) is 6.07 Å². The van der Waals surface area contributed by atoms with Gasteiger partial charge in [-0.3, -0.25) is 0 Å². The van der Waals surface area contributed by atoms with E-state index in [0.29, 0.717) is 0 Å². The van der Waals surface area contributed by atoms with E-state index < -0.39 is 0 Å². The molecular weight excluding hydrogens is 241 g/mol. The van der Waals surface area contributed by atoms with Gasteiger partial charge in [-0.15, -0.1) is 0 Å². The van der Waals surface area contributed by atoms with Crippen molar-refractivity contribution < 1.29 is 16.3 Å². The van der Waals surface area contributed by atoms with Gasteiger partial charge in [0.2, 0.25) is 0 Å². The molecule has 1 aromatic rings. The Hall–Kier alpha value is 0.323. The van der Waals surface area contributed by atoms with Crippen molar-refractivity contribution in [2.75, 3.05) is 0 Å². The Balaban J connectivity index is 0.000000371. The van der Waals surface area contributed by atoms with Gasteiger partial charge in [0.15, 0.2) is 0 Å². The van der Waals surface area contributed by atoms with Crippen LogP contribution in [0.15, 0.2) is 24.3 Å². The fourth-order valence-electron chi connectivity index (χ4n) is 0.650. The number of hydrogen-bond donors (Lipinski definition) is 0. The number of rotatable bonds is 1. The van der Waals surface area contributed by atoms with E-state index >= 15 is 0 Å². The zero-order valence-electron chi connectivity index (χ0n) is 6.10. The summed E-state index contributed by atoms with van der Waals surface area (Å²) in [5.74, 6) is 0. The van der Waals surface area contributed by atoms with E-state index in [1.54, 1.807) is 0 Å². The van der Waals surface area contributed by atoms with Crippen molar-refractivity contribution in [3.63, 3.8) is 0 Å². The molecule has 0 amide bonds. The van der Waals surface area contributed by atoms with Gasteiger partial charge >= 0.3 is 30.0 Å². The average Bonchev–Trinajstić information content (AvgIpc) is 2.10. The second-order valence-corrected chi connectivity index (χ2v) is 1.77. The van der Waals surface area contributed by atoms with Gasteiger partial charge in [-0.1, -0.05) is 13.3 Å². The molecule has 0 N–H and O–H groups in total. The normalized spacial score (nSPS) is 8.00. The molecule has 50 valence electrons. The van der Waals surface area contributed by atoms with Crippen LogP contribution < -0.4 is 0 Å². The van der Waals surface area contributed by atoms with Gasteiger partial charge < -0.3 is 0 Å². The summed E-state index contributed by atoms with van der Waals surface area (Å²) in [6.45, 7) is 2.14. The molecule has 2 heteroatoms. The number of hydrogen-bond acceptors (Lipinski definition) is 0. The van der Waals surface area contributed by atoms with Crippen LogP contribution in [0.4, 0.5) is 0 Å². The van der Waals surface area contributed by atoms with Crippen LogP contribution in [0.5, 0.6) is 0 Å². The van der Waals surface area contributed by atoms with Gasteiger partial charge in [0.25, 0.3) is 0 Å². The minimum atomic E-state index is 1.11. The molecule has 0 spiro atoms. The fourth-order valence-corrected chi connectivity index (χ4v) is 0.650. The first kappa shape index (κ1) is 10.3. The zero-order valence-corrected chi connectivity index (χ0v) is 10.7. The van der Waals surface area contributed by atoms with Crippen LogP contribution >= 0.6 is 13.6 Å². The molecule has 0 aliphatic rings. The molecule has 0 heterocycles. The standard InChI is InChI=1S/C8H9.BrH.Zn/c1-2-8-6-4-3-5-7-8;;/h3-4,6-7H,2H2,1H3;1H;/q-1;;+2/p-1. The van der Waals surface area contributed by atoms with Crippen molar-refractivity contribution in [3.05, 3.63) is 35.9 Å². The van der Waals surface area contributed by atoms with E-state index in [1.165, 1.54) is 21.9 Å². The first-order valence-corrected chi connectivity index (χ1v) is 10.1. The Labute approximate surface area is 79.1 Å². The van der Waals surface area contributed by atoms with Crippen molar-refractivity contribution in [3.8, 4) is 0 Å². The first-order valence-electron chi connectivity index (χ1n) is 3.15. The average molecular weight is 250 g/mol. The van der Waals surface area contributed by atoms with Crippen molar-refractivity contribution in [2.24, 2.45) is 0 Å². The Kier molecular flexibility index (Phi) is 7.67. The summed E-state index contributed by atoms with van der Waals surface area (Å²) in [5, 5.41) is 0. The summed E-state index contributed by atoms with van der Waals surface area (Å²) in [4.78, 5) is 0. The Morgan fingerprint density at radius 3 is 2.60 bits per heavy atom. The summed E-state index contributed by atoms with van der Waals surface area (Å²) in [5.41, 5.74) is 1.35. The summed E-state index contributed by atoms with van der Waals surface area (Å²) in [6.07, 6.45) is 1.11. The molecule has 0 aliphatic carbocycles. The monoisotopic (exact) mass is 248 g/mol. The topological polar surface area (TPSA) is 0 Å². The summed E-state index contributed by atoms with van der Waals surface area (Å²) < 4.78 is 0. The second-order valence-electron chi connectivity index (χ2n) is 1.77. The van der Waals surface area contributed by atoms with Gasteiger partial charge in [0.05, 0.1) is 0 Å². The predicted molar refractivity (Wildman–Crippen MR) is 43.6 cm³/mol. The van der Waals surface area contributed by atoms with Crippen LogP contribution in [0.25, 0.3) is 0 Å². The maximum absolute atomic E-state index is 3.06. The molecule has 1 aromatic carbocycles. The molecule has 0 unspecified atom stereocenters. The van der Waals surface area contributed by atoms with Crippen LogP contribution in [0.2, 0.25) is 0 Å². The predicted octanol–water partition coefficient (Wildman–Crippen LogP) is 2.89.